The van der Waals surface area contributed by atoms with Crippen LogP contribution in [0.3, 0.4) is 0 Å². The van der Waals surface area contributed by atoms with Gasteiger partial charge < -0.3 is 9.84 Å². The molecule has 0 bridgehead atoms. The predicted octanol–water partition coefficient (Wildman–Crippen LogP) is 2.75. The molecule has 1 saturated carbocycles. The molecule has 18 heavy (non-hydrogen) atoms. The van der Waals surface area contributed by atoms with Gasteiger partial charge >= 0.3 is 5.97 Å². The number of carbonyl (C=O) groups excluding carboxylic acids is 1. The molecule has 0 aromatic heterocycles. The van der Waals surface area contributed by atoms with Crippen LogP contribution in [0.4, 0.5) is 0 Å². The summed E-state index contributed by atoms with van der Waals surface area (Å²) in [7, 11) is 1.45. The van der Waals surface area contributed by atoms with Crippen molar-refractivity contribution in [2.75, 3.05) is 7.11 Å². The van der Waals surface area contributed by atoms with Crippen LogP contribution in [-0.4, -0.2) is 18.2 Å². The number of esters is 1. The Kier molecular flexibility index (Phi) is 3.60. The Morgan fingerprint density at radius 1 is 1.39 bits per heavy atom. The van der Waals surface area contributed by atoms with Crippen molar-refractivity contribution in [1.29, 1.82) is 0 Å². The lowest BCUT2D eigenvalue weighted by Crippen LogP contribution is -2.05. The van der Waals surface area contributed by atoms with Crippen molar-refractivity contribution in [3.05, 3.63) is 28.8 Å². The van der Waals surface area contributed by atoms with Gasteiger partial charge in [0.15, 0.2) is 0 Å². The molecule has 0 spiro atoms. The Hall–Kier alpha value is -1.51. The lowest BCUT2D eigenvalue weighted by atomic mass is 9.96. The highest BCUT2D eigenvalue weighted by Gasteiger charge is 2.43. The number of aryl methyl sites for hydroxylation is 2. The maximum Gasteiger partial charge on any atom is 0.308 e. The van der Waals surface area contributed by atoms with Gasteiger partial charge in [-0.05, 0) is 67.9 Å². The first kappa shape index (κ1) is 12.9. The van der Waals surface area contributed by atoms with Crippen LogP contribution in [0.25, 0.3) is 0 Å². The van der Waals surface area contributed by atoms with Gasteiger partial charge in [0.05, 0.1) is 13.0 Å². The van der Waals surface area contributed by atoms with Crippen molar-refractivity contribution in [1.82, 2.24) is 0 Å². The van der Waals surface area contributed by atoms with Gasteiger partial charge in [-0.25, -0.2) is 0 Å². The van der Waals surface area contributed by atoms with Crippen molar-refractivity contribution in [3.8, 4) is 5.75 Å². The maximum atomic E-state index is 11.3. The highest BCUT2D eigenvalue weighted by atomic mass is 16.5. The summed E-state index contributed by atoms with van der Waals surface area (Å²) in [6, 6.07) is 3.60. The van der Waals surface area contributed by atoms with Crippen molar-refractivity contribution in [3.63, 3.8) is 0 Å². The summed E-state index contributed by atoms with van der Waals surface area (Å²) in [5.74, 6) is 0.851. The SMILES string of the molecule is COC(=O)C1CC1CCc1c(C)cc(O)cc1C. The minimum Gasteiger partial charge on any atom is -0.508 e. The van der Waals surface area contributed by atoms with Gasteiger partial charge in [-0.3, -0.25) is 4.79 Å². The van der Waals surface area contributed by atoms with Gasteiger partial charge in [0.2, 0.25) is 0 Å². The molecule has 3 heteroatoms. The Labute approximate surface area is 108 Å². The van der Waals surface area contributed by atoms with Crippen LogP contribution in [-0.2, 0) is 16.0 Å². The largest absolute Gasteiger partial charge is 0.508 e. The van der Waals surface area contributed by atoms with Gasteiger partial charge in [0.25, 0.3) is 0 Å². The highest BCUT2D eigenvalue weighted by molar-refractivity contribution is 5.75. The van der Waals surface area contributed by atoms with Gasteiger partial charge in [0, 0.05) is 0 Å². The molecule has 98 valence electrons. The second-order valence-electron chi connectivity index (χ2n) is 5.22. The molecule has 1 N–H and O–H groups in total. The molecule has 1 fully saturated rings. The number of ether oxygens (including phenoxy) is 1. The molecule has 2 rings (SSSR count). The van der Waals surface area contributed by atoms with E-state index in [0.717, 1.165) is 30.4 Å². The van der Waals surface area contributed by atoms with E-state index in [2.05, 4.69) is 0 Å². The topological polar surface area (TPSA) is 46.5 Å². The van der Waals surface area contributed by atoms with E-state index in [4.69, 9.17) is 4.74 Å². The van der Waals surface area contributed by atoms with Gasteiger partial charge in [-0.15, -0.1) is 0 Å². The third-order valence-corrected chi connectivity index (χ3v) is 3.87. The zero-order valence-electron chi connectivity index (χ0n) is 11.2. The zero-order chi connectivity index (χ0) is 13.3. The lowest BCUT2D eigenvalue weighted by molar-refractivity contribution is -0.142. The Morgan fingerprint density at radius 2 is 2.00 bits per heavy atom. The highest BCUT2D eigenvalue weighted by Crippen LogP contribution is 2.43. The standard InChI is InChI=1S/C15H20O3/c1-9-6-12(16)7-10(2)13(9)5-4-11-8-14(11)15(17)18-3/h6-7,11,14,16H,4-5,8H2,1-3H3. The van der Waals surface area contributed by atoms with Crippen LogP contribution in [0.5, 0.6) is 5.75 Å². The molecular formula is C15H20O3. The Morgan fingerprint density at radius 3 is 2.56 bits per heavy atom. The average molecular weight is 248 g/mol. The summed E-state index contributed by atoms with van der Waals surface area (Å²) < 4.78 is 4.75. The van der Waals surface area contributed by atoms with Crippen molar-refractivity contribution < 1.29 is 14.6 Å². The molecule has 1 aromatic carbocycles. The van der Waals surface area contributed by atoms with E-state index in [0.29, 0.717) is 11.7 Å². The Balaban J connectivity index is 1.94. The van der Waals surface area contributed by atoms with Crippen LogP contribution in [0, 0.1) is 25.7 Å². The number of hydrogen-bond acceptors (Lipinski definition) is 3. The molecule has 2 atom stereocenters. The molecule has 0 aliphatic heterocycles. The molecular weight excluding hydrogens is 228 g/mol. The normalized spacial score (nSPS) is 21.7. The number of methoxy groups -OCH3 is 1. The van der Waals surface area contributed by atoms with Gasteiger partial charge in [-0.1, -0.05) is 0 Å². The molecule has 0 saturated heterocycles. The second kappa shape index (κ2) is 5.01. The van der Waals surface area contributed by atoms with Crippen molar-refractivity contribution in [2.24, 2.45) is 11.8 Å². The number of phenolic OH excluding ortho intramolecular Hbond substituents is 1. The molecule has 0 heterocycles. The van der Waals surface area contributed by atoms with Crippen LogP contribution >= 0.6 is 0 Å². The fourth-order valence-electron chi connectivity index (χ4n) is 2.70. The van der Waals surface area contributed by atoms with Crippen LogP contribution in [0.1, 0.15) is 29.5 Å². The van der Waals surface area contributed by atoms with Crippen LogP contribution < -0.4 is 0 Å². The fraction of sp³-hybridized carbons (Fsp3) is 0.533. The zero-order valence-corrected chi connectivity index (χ0v) is 11.2. The number of rotatable bonds is 4. The van der Waals surface area contributed by atoms with Crippen LogP contribution in [0.15, 0.2) is 12.1 Å². The maximum absolute atomic E-state index is 11.3. The number of hydrogen-bond donors (Lipinski definition) is 1. The number of carbonyl (C=O) groups is 1. The molecule has 1 aromatic rings. The first-order valence-corrected chi connectivity index (χ1v) is 6.40. The summed E-state index contributed by atoms with van der Waals surface area (Å²) in [4.78, 5) is 11.3. The minimum absolute atomic E-state index is 0.0702. The molecule has 3 nitrogen and oxygen atoms in total. The molecule has 1 aliphatic rings. The summed E-state index contributed by atoms with van der Waals surface area (Å²) in [5, 5.41) is 9.49. The van der Waals surface area contributed by atoms with E-state index in [1.807, 2.05) is 13.8 Å². The molecule has 1 aliphatic carbocycles. The first-order chi connectivity index (χ1) is 8.52. The second-order valence-corrected chi connectivity index (χ2v) is 5.22. The van der Waals surface area contributed by atoms with E-state index in [1.54, 1.807) is 12.1 Å². The monoisotopic (exact) mass is 248 g/mol. The summed E-state index contributed by atoms with van der Waals surface area (Å²) in [6.07, 6.45) is 2.95. The van der Waals surface area contributed by atoms with E-state index in [-0.39, 0.29) is 11.9 Å². The van der Waals surface area contributed by atoms with E-state index >= 15 is 0 Å². The fourth-order valence-corrected chi connectivity index (χ4v) is 2.70. The van der Waals surface area contributed by atoms with Crippen molar-refractivity contribution in [2.45, 2.75) is 33.1 Å². The number of benzene rings is 1. The number of aromatic hydroxyl groups is 1. The van der Waals surface area contributed by atoms with E-state index < -0.39 is 0 Å². The lowest BCUT2D eigenvalue weighted by Gasteiger charge is -2.10. The predicted molar refractivity (Wildman–Crippen MR) is 69.5 cm³/mol. The quantitative estimate of drug-likeness (QED) is 0.833. The molecule has 2 unspecified atom stereocenters. The van der Waals surface area contributed by atoms with E-state index in [9.17, 15) is 9.90 Å². The minimum atomic E-state index is -0.0702. The average Bonchev–Trinajstić information content (AvgIpc) is 3.06. The first-order valence-electron chi connectivity index (χ1n) is 6.40. The summed E-state index contributed by atoms with van der Waals surface area (Å²) in [6.45, 7) is 4.04. The van der Waals surface area contributed by atoms with E-state index in [1.165, 1.54) is 12.7 Å². The van der Waals surface area contributed by atoms with Gasteiger partial charge in [-0.2, -0.15) is 0 Å². The number of phenols is 1. The molecule has 0 radical (unpaired) electrons. The summed E-state index contributed by atoms with van der Waals surface area (Å²) >= 11 is 0. The Bertz CT molecular complexity index is 442. The third kappa shape index (κ3) is 2.66. The van der Waals surface area contributed by atoms with Crippen LogP contribution in [0.2, 0.25) is 0 Å². The van der Waals surface area contributed by atoms with Gasteiger partial charge in [0.1, 0.15) is 5.75 Å². The third-order valence-electron chi connectivity index (χ3n) is 3.87. The summed E-state index contributed by atoms with van der Waals surface area (Å²) in [5.41, 5.74) is 3.55. The van der Waals surface area contributed by atoms with Crippen molar-refractivity contribution >= 4 is 5.97 Å². The smallest absolute Gasteiger partial charge is 0.308 e. The molecule has 0 amide bonds.